The largest absolute Gasteiger partial charge is 0.394 e. The molecule has 24 heavy (non-hydrogen) atoms. The van der Waals surface area contributed by atoms with E-state index in [9.17, 15) is 20.1 Å². The smallest absolute Gasteiger partial charge is 0.217 e. The minimum absolute atomic E-state index is 0.462. The molecule has 1 aromatic heterocycles. The van der Waals surface area contributed by atoms with Crippen LogP contribution in [0.5, 0.6) is 0 Å². The third-order valence-corrected chi connectivity index (χ3v) is 3.73. The van der Waals surface area contributed by atoms with Gasteiger partial charge in [0.2, 0.25) is 5.91 Å². The third-order valence-electron chi connectivity index (χ3n) is 3.73. The van der Waals surface area contributed by atoms with Crippen molar-refractivity contribution in [3.8, 4) is 0 Å². The molecule has 1 fully saturated rings. The van der Waals surface area contributed by atoms with Gasteiger partial charge in [-0.05, 0) is 17.5 Å². The van der Waals surface area contributed by atoms with E-state index in [0.29, 0.717) is 0 Å². The molecule has 6 N–H and O–H groups in total. The number of carbonyl (C=O) groups excluding carboxylic acids is 1. The number of aliphatic hydroxyl groups is 4. The van der Waals surface area contributed by atoms with E-state index in [1.807, 2.05) is 18.3 Å². The van der Waals surface area contributed by atoms with Crippen LogP contribution in [0.25, 0.3) is 10.9 Å². The second-order valence-corrected chi connectivity index (χ2v) is 5.52. The average molecular weight is 338 g/mol. The lowest BCUT2D eigenvalue weighted by Crippen LogP contribution is -2.63. The van der Waals surface area contributed by atoms with Gasteiger partial charge in [0.05, 0.1) is 6.61 Å². The molecule has 0 aliphatic carbocycles. The van der Waals surface area contributed by atoms with E-state index in [0.717, 1.165) is 0 Å². The number of aliphatic hydroxyl groups excluding tert-OH is 4. The Morgan fingerprint density at radius 2 is 1.92 bits per heavy atom. The molecule has 1 aliphatic heterocycles. The summed E-state index contributed by atoms with van der Waals surface area (Å²) in [6.07, 6.45) is -3.29. The Morgan fingerprint density at radius 3 is 2.54 bits per heavy atom. The number of ether oxygens (including phenoxy) is 1. The highest BCUT2D eigenvalue weighted by Crippen LogP contribution is 2.19. The van der Waals surface area contributed by atoms with Gasteiger partial charge in [-0.1, -0.05) is 18.2 Å². The number of aromatic amines is 1. The molecule has 132 valence electrons. The van der Waals surface area contributed by atoms with Crippen LogP contribution in [-0.2, 0) is 9.53 Å². The van der Waals surface area contributed by atoms with E-state index in [4.69, 9.17) is 9.84 Å². The van der Waals surface area contributed by atoms with Gasteiger partial charge >= 0.3 is 0 Å². The van der Waals surface area contributed by atoms with Crippen LogP contribution in [0, 0.1) is 0 Å². The molecule has 5 atom stereocenters. The first-order valence-electron chi connectivity index (χ1n) is 7.53. The van der Waals surface area contributed by atoms with E-state index >= 15 is 0 Å². The van der Waals surface area contributed by atoms with Crippen molar-refractivity contribution in [3.05, 3.63) is 36.5 Å². The fourth-order valence-electron chi connectivity index (χ4n) is 2.48. The van der Waals surface area contributed by atoms with E-state index in [-0.39, 0.29) is 0 Å². The van der Waals surface area contributed by atoms with Gasteiger partial charge in [-0.25, -0.2) is 0 Å². The van der Waals surface area contributed by atoms with Gasteiger partial charge in [0.25, 0.3) is 0 Å². The summed E-state index contributed by atoms with van der Waals surface area (Å²) >= 11 is 0. The van der Waals surface area contributed by atoms with Crippen LogP contribution < -0.4 is 5.32 Å². The Morgan fingerprint density at radius 1 is 1.21 bits per heavy atom. The average Bonchev–Trinajstić information content (AvgIpc) is 3.04. The van der Waals surface area contributed by atoms with E-state index in [2.05, 4.69) is 28.5 Å². The summed E-state index contributed by atoms with van der Waals surface area (Å²) in [5.41, 5.74) is 1.21. The Bertz CT molecular complexity index is 631. The maximum absolute atomic E-state index is 10.7. The van der Waals surface area contributed by atoms with Crippen LogP contribution in [0.1, 0.15) is 6.92 Å². The predicted octanol–water partition coefficient (Wildman–Crippen LogP) is -0.910. The van der Waals surface area contributed by atoms with Crippen molar-refractivity contribution in [1.82, 2.24) is 10.3 Å². The van der Waals surface area contributed by atoms with Crippen molar-refractivity contribution in [2.45, 2.75) is 37.6 Å². The van der Waals surface area contributed by atoms with Crippen molar-refractivity contribution >= 4 is 16.8 Å². The summed E-state index contributed by atoms with van der Waals surface area (Å²) in [6.45, 7) is 0.687. The van der Waals surface area contributed by atoms with Crippen molar-refractivity contribution in [1.29, 1.82) is 0 Å². The molecule has 0 saturated carbocycles. The molecule has 8 nitrogen and oxygen atoms in total. The highest BCUT2D eigenvalue weighted by molar-refractivity contribution is 5.78. The van der Waals surface area contributed by atoms with Crippen LogP contribution in [0.4, 0.5) is 0 Å². The molecule has 1 amide bonds. The van der Waals surface area contributed by atoms with Crippen LogP contribution in [0.2, 0.25) is 0 Å². The highest BCUT2D eigenvalue weighted by Gasteiger charge is 2.43. The second-order valence-electron chi connectivity index (χ2n) is 5.52. The molecular formula is C16H22N2O6. The summed E-state index contributed by atoms with van der Waals surface area (Å²) < 4.78 is 4.81. The fraction of sp³-hybridized carbons (Fsp3) is 0.438. The SMILES string of the molecule is CC(=O)N[C@H]1C(O)O[C@H](CO)[C@@H](O)[C@@H]1O.c1ccc2[nH]ccc2c1. The molecule has 3 rings (SSSR count). The zero-order valence-corrected chi connectivity index (χ0v) is 13.2. The summed E-state index contributed by atoms with van der Waals surface area (Å²) in [7, 11) is 0. The van der Waals surface area contributed by atoms with Crippen molar-refractivity contribution < 1.29 is 30.0 Å². The number of fused-ring (bicyclic) bond motifs is 1. The molecule has 2 heterocycles. The Labute approximate surface area is 138 Å². The zero-order chi connectivity index (χ0) is 17.7. The summed E-state index contributed by atoms with van der Waals surface area (Å²) in [5.74, 6) is -0.462. The van der Waals surface area contributed by atoms with Crippen molar-refractivity contribution in [3.63, 3.8) is 0 Å². The maximum Gasteiger partial charge on any atom is 0.217 e. The highest BCUT2D eigenvalue weighted by atomic mass is 16.6. The Hall–Kier alpha value is -1.97. The number of benzene rings is 1. The Balaban J connectivity index is 0.000000194. The van der Waals surface area contributed by atoms with Crippen LogP contribution in [0.15, 0.2) is 36.5 Å². The second kappa shape index (κ2) is 8.22. The van der Waals surface area contributed by atoms with Crippen LogP contribution >= 0.6 is 0 Å². The third kappa shape index (κ3) is 4.31. The Kier molecular flexibility index (Phi) is 6.29. The molecule has 1 aliphatic rings. The monoisotopic (exact) mass is 338 g/mol. The zero-order valence-electron chi connectivity index (χ0n) is 13.2. The first-order chi connectivity index (χ1) is 11.4. The molecule has 8 heteroatoms. The minimum Gasteiger partial charge on any atom is -0.394 e. The van der Waals surface area contributed by atoms with Gasteiger partial charge in [0.15, 0.2) is 6.29 Å². The normalized spacial score (nSPS) is 29.6. The van der Waals surface area contributed by atoms with Gasteiger partial charge in [0.1, 0.15) is 24.4 Å². The molecule has 0 spiro atoms. The summed E-state index contributed by atoms with van der Waals surface area (Å²) in [5, 5.41) is 40.7. The molecule has 1 unspecified atom stereocenters. The molecule has 0 bridgehead atoms. The molecular weight excluding hydrogens is 316 g/mol. The van der Waals surface area contributed by atoms with Gasteiger partial charge in [-0.15, -0.1) is 0 Å². The van der Waals surface area contributed by atoms with Gasteiger partial charge in [0, 0.05) is 18.6 Å². The predicted molar refractivity (Wildman–Crippen MR) is 85.9 cm³/mol. The lowest BCUT2D eigenvalue weighted by Gasteiger charge is -2.40. The lowest BCUT2D eigenvalue weighted by atomic mass is 9.97. The topological polar surface area (TPSA) is 135 Å². The van der Waals surface area contributed by atoms with Gasteiger partial charge in [-0.3, -0.25) is 4.79 Å². The number of H-pyrrole nitrogens is 1. The molecule has 2 aromatic rings. The number of nitrogens with one attached hydrogen (secondary N) is 2. The minimum atomic E-state index is -1.45. The first-order valence-corrected chi connectivity index (χ1v) is 7.53. The van der Waals surface area contributed by atoms with Crippen molar-refractivity contribution in [2.24, 2.45) is 0 Å². The molecule has 0 radical (unpaired) electrons. The number of hydrogen-bond donors (Lipinski definition) is 6. The van der Waals surface area contributed by atoms with E-state index < -0.39 is 43.2 Å². The number of aromatic nitrogens is 1. The molecule has 1 aromatic carbocycles. The summed E-state index contributed by atoms with van der Waals surface area (Å²) in [4.78, 5) is 13.9. The first kappa shape index (κ1) is 18.4. The standard InChI is InChI=1S/C8H15NO6.C8H7N/c1-3(11)9-5-7(13)6(12)4(2-10)15-8(5)14;1-2-4-8-7(3-1)5-6-9-8/h4-8,10,12-14H,2H2,1H3,(H,9,11);1-6,9H/t4-,5-,6-,7-,8?;/m1./s1. The number of rotatable bonds is 2. The van der Waals surface area contributed by atoms with Gasteiger partial charge in [-0.2, -0.15) is 0 Å². The number of hydrogen-bond acceptors (Lipinski definition) is 6. The van der Waals surface area contributed by atoms with E-state index in [1.165, 1.54) is 17.8 Å². The summed E-state index contributed by atoms with van der Waals surface area (Å²) in [6, 6.07) is 9.19. The van der Waals surface area contributed by atoms with Crippen molar-refractivity contribution in [2.75, 3.05) is 6.61 Å². The van der Waals surface area contributed by atoms with Gasteiger partial charge < -0.3 is 35.5 Å². The quantitative estimate of drug-likeness (QED) is 0.420. The number of para-hydroxylation sites is 1. The number of carbonyl (C=O) groups is 1. The lowest BCUT2D eigenvalue weighted by molar-refractivity contribution is -0.253. The maximum atomic E-state index is 10.7. The fourth-order valence-corrected chi connectivity index (χ4v) is 2.48. The van der Waals surface area contributed by atoms with Crippen LogP contribution in [-0.4, -0.2) is 68.6 Å². The van der Waals surface area contributed by atoms with E-state index in [1.54, 1.807) is 0 Å². The van der Waals surface area contributed by atoms with Crippen LogP contribution in [0.3, 0.4) is 0 Å². The molecule has 1 saturated heterocycles. The number of amides is 1.